The van der Waals surface area contributed by atoms with E-state index in [9.17, 15) is 5.11 Å². The predicted octanol–water partition coefficient (Wildman–Crippen LogP) is 4.83. The van der Waals surface area contributed by atoms with Crippen LogP contribution in [0.2, 0.25) is 0 Å². The molecule has 0 aliphatic heterocycles. The first kappa shape index (κ1) is 15.6. The van der Waals surface area contributed by atoms with E-state index in [1.165, 1.54) is 5.56 Å². The smallest absolute Gasteiger partial charge is 0.120 e. The van der Waals surface area contributed by atoms with E-state index in [4.69, 9.17) is 0 Å². The maximum absolute atomic E-state index is 10.1. The van der Waals surface area contributed by atoms with Crippen molar-refractivity contribution in [3.8, 4) is 5.75 Å². The Labute approximate surface area is 127 Å². The SMILES string of the molecule is CC(C)C[C@@H](N[C@H](C)c1ccccc1)c1ccccc1O. The van der Waals surface area contributed by atoms with Crippen molar-refractivity contribution in [2.45, 2.75) is 39.3 Å². The average Bonchev–Trinajstić information content (AvgIpc) is 2.47. The van der Waals surface area contributed by atoms with E-state index in [0.717, 1.165) is 12.0 Å². The van der Waals surface area contributed by atoms with Crippen molar-refractivity contribution in [1.82, 2.24) is 5.32 Å². The molecule has 0 saturated heterocycles. The summed E-state index contributed by atoms with van der Waals surface area (Å²) < 4.78 is 0. The van der Waals surface area contributed by atoms with E-state index < -0.39 is 0 Å². The summed E-state index contributed by atoms with van der Waals surface area (Å²) in [5.41, 5.74) is 2.25. The van der Waals surface area contributed by atoms with Crippen LogP contribution in [0.15, 0.2) is 54.6 Å². The summed E-state index contributed by atoms with van der Waals surface area (Å²) in [4.78, 5) is 0. The standard InChI is InChI=1S/C19H25NO/c1-14(2)13-18(17-11-7-8-12-19(17)21)20-15(3)16-9-5-4-6-10-16/h4-12,14-15,18,20-21H,13H2,1-3H3/t15-,18-/m1/s1. The van der Waals surface area contributed by atoms with Gasteiger partial charge in [0.05, 0.1) is 0 Å². The van der Waals surface area contributed by atoms with E-state index in [0.29, 0.717) is 11.7 Å². The minimum absolute atomic E-state index is 0.154. The summed E-state index contributed by atoms with van der Waals surface area (Å²) in [6.07, 6.45) is 0.995. The molecular weight excluding hydrogens is 258 g/mol. The molecule has 2 rings (SSSR count). The monoisotopic (exact) mass is 283 g/mol. The number of aromatic hydroxyl groups is 1. The lowest BCUT2D eigenvalue weighted by molar-refractivity contribution is 0.377. The molecular formula is C19H25NO. The molecule has 0 spiro atoms. The van der Waals surface area contributed by atoms with Gasteiger partial charge >= 0.3 is 0 Å². The molecule has 0 aromatic heterocycles. The molecule has 2 nitrogen and oxygen atoms in total. The van der Waals surface area contributed by atoms with Gasteiger partial charge in [-0.05, 0) is 30.9 Å². The molecule has 2 aromatic rings. The van der Waals surface area contributed by atoms with Crippen LogP contribution in [-0.4, -0.2) is 5.11 Å². The second-order valence-corrected chi connectivity index (χ2v) is 6.04. The number of benzene rings is 2. The summed E-state index contributed by atoms with van der Waals surface area (Å²) in [6.45, 7) is 6.59. The molecule has 0 bridgehead atoms. The number of rotatable bonds is 6. The number of hydrogen-bond acceptors (Lipinski definition) is 2. The minimum atomic E-state index is 0.154. The molecule has 0 radical (unpaired) electrons. The average molecular weight is 283 g/mol. The Kier molecular flexibility index (Phi) is 5.40. The molecule has 2 heteroatoms. The fraction of sp³-hybridized carbons (Fsp3) is 0.368. The molecule has 2 N–H and O–H groups in total. The van der Waals surface area contributed by atoms with E-state index in [1.807, 2.05) is 24.3 Å². The first-order chi connectivity index (χ1) is 10.1. The van der Waals surface area contributed by atoms with Crippen LogP contribution < -0.4 is 5.32 Å². The lowest BCUT2D eigenvalue weighted by atomic mass is 9.94. The second-order valence-electron chi connectivity index (χ2n) is 6.04. The van der Waals surface area contributed by atoms with Gasteiger partial charge in [-0.3, -0.25) is 0 Å². The summed E-state index contributed by atoms with van der Waals surface area (Å²) >= 11 is 0. The molecule has 2 atom stereocenters. The van der Waals surface area contributed by atoms with Crippen LogP contribution in [0.5, 0.6) is 5.75 Å². The Bertz CT molecular complexity index is 551. The number of phenols is 1. The lowest BCUT2D eigenvalue weighted by Crippen LogP contribution is -2.26. The Hall–Kier alpha value is -1.80. The van der Waals surface area contributed by atoms with Crippen molar-refractivity contribution in [2.75, 3.05) is 0 Å². The zero-order chi connectivity index (χ0) is 15.2. The van der Waals surface area contributed by atoms with Crippen LogP contribution in [0, 0.1) is 5.92 Å². The van der Waals surface area contributed by atoms with Crippen molar-refractivity contribution in [3.05, 3.63) is 65.7 Å². The molecule has 0 saturated carbocycles. The van der Waals surface area contributed by atoms with Gasteiger partial charge < -0.3 is 10.4 Å². The third kappa shape index (κ3) is 4.33. The van der Waals surface area contributed by atoms with Crippen LogP contribution in [0.4, 0.5) is 0 Å². The number of nitrogens with one attached hydrogen (secondary N) is 1. The molecule has 21 heavy (non-hydrogen) atoms. The fourth-order valence-electron chi connectivity index (χ4n) is 2.68. The van der Waals surface area contributed by atoms with Crippen molar-refractivity contribution < 1.29 is 5.11 Å². The highest BCUT2D eigenvalue weighted by atomic mass is 16.3. The molecule has 0 fully saturated rings. The third-order valence-electron chi connectivity index (χ3n) is 3.77. The van der Waals surface area contributed by atoms with E-state index in [1.54, 1.807) is 6.07 Å². The van der Waals surface area contributed by atoms with Gasteiger partial charge in [0, 0.05) is 17.6 Å². The zero-order valence-electron chi connectivity index (χ0n) is 13.1. The Morgan fingerprint density at radius 1 is 0.905 bits per heavy atom. The zero-order valence-corrected chi connectivity index (χ0v) is 13.1. The minimum Gasteiger partial charge on any atom is -0.508 e. The summed E-state index contributed by atoms with van der Waals surface area (Å²) in [5.74, 6) is 0.931. The largest absolute Gasteiger partial charge is 0.508 e. The lowest BCUT2D eigenvalue weighted by Gasteiger charge is -2.26. The van der Waals surface area contributed by atoms with Crippen LogP contribution in [0.25, 0.3) is 0 Å². The summed E-state index contributed by atoms with van der Waals surface area (Å²) in [5, 5.41) is 13.8. The number of para-hydroxylation sites is 1. The molecule has 0 aliphatic carbocycles. The van der Waals surface area contributed by atoms with Gasteiger partial charge in [0.1, 0.15) is 5.75 Å². The van der Waals surface area contributed by atoms with Gasteiger partial charge in [-0.15, -0.1) is 0 Å². The third-order valence-corrected chi connectivity index (χ3v) is 3.77. The molecule has 0 unspecified atom stereocenters. The Morgan fingerprint density at radius 3 is 2.14 bits per heavy atom. The van der Waals surface area contributed by atoms with Gasteiger partial charge in [0.15, 0.2) is 0 Å². The molecule has 0 aliphatic rings. The maximum atomic E-state index is 10.1. The van der Waals surface area contributed by atoms with Gasteiger partial charge in [-0.25, -0.2) is 0 Å². The van der Waals surface area contributed by atoms with Crippen LogP contribution in [0.1, 0.15) is 50.4 Å². The highest BCUT2D eigenvalue weighted by molar-refractivity contribution is 5.35. The van der Waals surface area contributed by atoms with Gasteiger partial charge in [0.2, 0.25) is 0 Å². The van der Waals surface area contributed by atoms with Crippen LogP contribution in [0.3, 0.4) is 0 Å². The van der Waals surface area contributed by atoms with E-state index in [-0.39, 0.29) is 12.1 Å². The molecule has 112 valence electrons. The van der Waals surface area contributed by atoms with Gasteiger partial charge in [0.25, 0.3) is 0 Å². The topological polar surface area (TPSA) is 32.3 Å². The highest BCUT2D eigenvalue weighted by Crippen LogP contribution is 2.30. The predicted molar refractivity (Wildman–Crippen MR) is 88.3 cm³/mol. The Balaban J connectivity index is 2.19. The van der Waals surface area contributed by atoms with Gasteiger partial charge in [-0.1, -0.05) is 62.4 Å². The van der Waals surface area contributed by atoms with Crippen molar-refractivity contribution in [1.29, 1.82) is 0 Å². The van der Waals surface area contributed by atoms with E-state index >= 15 is 0 Å². The fourth-order valence-corrected chi connectivity index (χ4v) is 2.68. The molecule has 0 amide bonds. The normalized spacial score (nSPS) is 14.1. The molecule has 0 heterocycles. The van der Waals surface area contributed by atoms with Crippen molar-refractivity contribution >= 4 is 0 Å². The summed E-state index contributed by atoms with van der Waals surface area (Å²) in [6, 6.07) is 18.4. The molecule has 2 aromatic carbocycles. The second kappa shape index (κ2) is 7.28. The highest BCUT2D eigenvalue weighted by Gasteiger charge is 2.19. The maximum Gasteiger partial charge on any atom is 0.120 e. The summed E-state index contributed by atoms with van der Waals surface area (Å²) in [7, 11) is 0. The van der Waals surface area contributed by atoms with Crippen molar-refractivity contribution in [2.24, 2.45) is 5.92 Å². The first-order valence-corrected chi connectivity index (χ1v) is 7.66. The number of hydrogen-bond donors (Lipinski definition) is 2. The number of phenolic OH excluding ortho intramolecular Hbond substituents is 1. The van der Waals surface area contributed by atoms with Gasteiger partial charge in [-0.2, -0.15) is 0 Å². The van der Waals surface area contributed by atoms with E-state index in [2.05, 4.69) is 50.4 Å². The van der Waals surface area contributed by atoms with Crippen molar-refractivity contribution in [3.63, 3.8) is 0 Å². The Morgan fingerprint density at radius 2 is 1.52 bits per heavy atom. The quantitative estimate of drug-likeness (QED) is 0.795. The van der Waals surface area contributed by atoms with Crippen LogP contribution >= 0.6 is 0 Å². The van der Waals surface area contributed by atoms with Crippen LogP contribution in [-0.2, 0) is 0 Å². The first-order valence-electron chi connectivity index (χ1n) is 7.66.